The van der Waals surface area contributed by atoms with Gasteiger partial charge in [0.15, 0.2) is 0 Å². The second-order valence-corrected chi connectivity index (χ2v) is 5.64. The van der Waals surface area contributed by atoms with Crippen LogP contribution in [-0.4, -0.2) is 55.0 Å². The molecule has 1 aromatic carbocycles. The van der Waals surface area contributed by atoms with Crippen molar-refractivity contribution in [3.05, 3.63) is 29.3 Å². The zero-order chi connectivity index (χ0) is 14.7. The average molecular weight is 275 g/mol. The Hall–Kier alpha value is -1.55. The molecule has 0 radical (unpaired) electrons. The molecule has 20 heavy (non-hydrogen) atoms. The lowest BCUT2D eigenvalue weighted by Crippen LogP contribution is -2.52. The first-order chi connectivity index (χ1) is 9.52. The van der Waals surface area contributed by atoms with Gasteiger partial charge in [-0.3, -0.25) is 4.79 Å². The van der Waals surface area contributed by atoms with Crippen LogP contribution in [-0.2, 0) is 0 Å². The van der Waals surface area contributed by atoms with Gasteiger partial charge in [0.25, 0.3) is 5.91 Å². The Morgan fingerprint density at radius 2 is 2.15 bits per heavy atom. The van der Waals surface area contributed by atoms with Gasteiger partial charge >= 0.3 is 0 Å². The van der Waals surface area contributed by atoms with Gasteiger partial charge in [-0.2, -0.15) is 0 Å². The number of amides is 1. The Morgan fingerprint density at radius 1 is 1.40 bits per heavy atom. The maximum absolute atomic E-state index is 12.6. The molecule has 0 aromatic heterocycles. The van der Waals surface area contributed by atoms with Crippen LogP contribution < -0.4 is 5.32 Å². The van der Waals surface area contributed by atoms with E-state index in [4.69, 9.17) is 0 Å². The molecule has 1 N–H and O–H groups in total. The minimum atomic E-state index is 0.158. The summed E-state index contributed by atoms with van der Waals surface area (Å²) in [5.74, 6) is 0.158. The largest absolute Gasteiger partial charge is 0.385 e. The highest BCUT2D eigenvalue weighted by molar-refractivity contribution is 5.96. The van der Waals surface area contributed by atoms with Gasteiger partial charge < -0.3 is 15.1 Å². The van der Waals surface area contributed by atoms with Crippen molar-refractivity contribution in [1.29, 1.82) is 0 Å². The van der Waals surface area contributed by atoms with E-state index in [1.165, 1.54) is 0 Å². The fourth-order valence-corrected chi connectivity index (χ4v) is 2.62. The number of benzene rings is 1. The van der Waals surface area contributed by atoms with Crippen molar-refractivity contribution >= 4 is 11.6 Å². The van der Waals surface area contributed by atoms with E-state index in [-0.39, 0.29) is 5.91 Å². The number of hydrogen-bond donors (Lipinski definition) is 1. The summed E-state index contributed by atoms with van der Waals surface area (Å²) < 4.78 is 0. The number of carbonyl (C=O) groups excluding carboxylic acids is 1. The van der Waals surface area contributed by atoms with Crippen molar-refractivity contribution in [3.63, 3.8) is 0 Å². The summed E-state index contributed by atoms with van der Waals surface area (Å²) in [6.45, 7) is 9.70. The van der Waals surface area contributed by atoms with Gasteiger partial charge in [0.1, 0.15) is 0 Å². The standard InChI is InChI=1S/C16H25N3O/c1-5-17-14-6-7-15(12(2)10-14)16(20)19-9-8-18(4)13(3)11-19/h6-7,10,13,17H,5,8-9,11H2,1-4H3. The number of piperazine rings is 1. The molecule has 0 aliphatic carbocycles. The Balaban J connectivity index is 2.13. The smallest absolute Gasteiger partial charge is 0.254 e. The summed E-state index contributed by atoms with van der Waals surface area (Å²) in [5, 5.41) is 3.28. The lowest BCUT2D eigenvalue weighted by Gasteiger charge is -2.37. The average Bonchev–Trinajstić information content (AvgIpc) is 2.42. The van der Waals surface area contributed by atoms with Crippen LogP contribution in [0.4, 0.5) is 5.69 Å². The topological polar surface area (TPSA) is 35.6 Å². The number of hydrogen-bond acceptors (Lipinski definition) is 3. The minimum Gasteiger partial charge on any atom is -0.385 e. The number of aryl methyl sites for hydroxylation is 1. The molecule has 0 saturated carbocycles. The van der Waals surface area contributed by atoms with Crippen LogP contribution in [0.3, 0.4) is 0 Å². The molecule has 2 rings (SSSR count). The zero-order valence-electron chi connectivity index (χ0n) is 12.9. The van der Waals surface area contributed by atoms with Crippen LogP contribution >= 0.6 is 0 Å². The van der Waals surface area contributed by atoms with E-state index in [0.717, 1.165) is 43.0 Å². The summed E-state index contributed by atoms with van der Waals surface area (Å²) >= 11 is 0. The second kappa shape index (κ2) is 6.27. The van der Waals surface area contributed by atoms with Crippen LogP contribution in [0.2, 0.25) is 0 Å². The maximum Gasteiger partial charge on any atom is 0.254 e. The van der Waals surface area contributed by atoms with Crippen LogP contribution in [0.1, 0.15) is 29.8 Å². The fraction of sp³-hybridized carbons (Fsp3) is 0.562. The summed E-state index contributed by atoms with van der Waals surface area (Å²) in [5.41, 5.74) is 2.94. The molecule has 1 fully saturated rings. The molecule has 0 bridgehead atoms. The van der Waals surface area contributed by atoms with Crippen molar-refractivity contribution in [2.75, 3.05) is 38.5 Å². The Labute approximate surface area is 121 Å². The molecular weight excluding hydrogens is 250 g/mol. The third-order valence-electron chi connectivity index (χ3n) is 4.08. The highest BCUT2D eigenvalue weighted by atomic mass is 16.2. The van der Waals surface area contributed by atoms with Gasteiger partial charge in [-0.15, -0.1) is 0 Å². The fourth-order valence-electron chi connectivity index (χ4n) is 2.62. The monoisotopic (exact) mass is 275 g/mol. The van der Waals surface area contributed by atoms with E-state index in [0.29, 0.717) is 6.04 Å². The molecule has 4 nitrogen and oxygen atoms in total. The highest BCUT2D eigenvalue weighted by Gasteiger charge is 2.25. The highest BCUT2D eigenvalue weighted by Crippen LogP contribution is 2.18. The SMILES string of the molecule is CCNc1ccc(C(=O)N2CCN(C)C(C)C2)c(C)c1. The summed E-state index contributed by atoms with van der Waals surface area (Å²) in [4.78, 5) is 16.9. The van der Waals surface area contributed by atoms with Gasteiger partial charge in [-0.25, -0.2) is 0 Å². The molecular formula is C16H25N3O. The molecule has 1 atom stereocenters. The second-order valence-electron chi connectivity index (χ2n) is 5.64. The van der Waals surface area contributed by atoms with Crippen molar-refractivity contribution < 1.29 is 4.79 Å². The maximum atomic E-state index is 12.6. The molecule has 1 aliphatic rings. The lowest BCUT2D eigenvalue weighted by atomic mass is 10.1. The molecule has 4 heteroatoms. The minimum absolute atomic E-state index is 0.158. The van der Waals surface area contributed by atoms with Crippen LogP contribution in [0.5, 0.6) is 0 Å². The van der Waals surface area contributed by atoms with Gasteiger partial charge in [0.05, 0.1) is 0 Å². The first-order valence-corrected chi connectivity index (χ1v) is 7.37. The first-order valence-electron chi connectivity index (χ1n) is 7.37. The van der Waals surface area contributed by atoms with Gasteiger partial charge in [-0.1, -0.05) is 0 Å². The van der Waals surface area contributed by atoms with Gasteiger partial charge in [0.2, 0.25) is 0 Å². The predicted molar refractivity (Wildman–Crippen MR) is 83.3 cm³/mol. The number of carbonyl (C=O) groups is 1. The van der Waals surface area contributed by atoms with Crippen molar-refractivity contribution in [1.82, 2.24) is 9.80 Å². The van der Waals surface area contributed by atoms with E-state index in [1.807, 2.05) is 24.0 Å². The van der Waals surface area contributed by atoms with Gasteiger partial charge in [0, 0.05) is 43.5 Å². The number of rotatable bonds is 3. The van der Waals surface area contributed by atoms with Crippen LogP contribution in [0.25, 0.3) is 0 Å². The number of anilines is 1. The number of likely N-dealkylation sites (N-methyl/N-ethyl adjacent to an activating group) is 1. The quantitative estimate of drug-likeness (QED) is 0.918. The molecule has 0 spiro atoms. The third-order valence-corrected chi connectivity index (χ3v) is 4.08. The zero-order valence-corrected chi connectivity index (χ0v) is 12.9. The van der Waals surface area contributed by atoms with Gasteiger partial charge in [-0.05, 0) is 51.6 Å². The van der Waals surface area contributed by atoms with E-state index >= 15 is 0 Å². The molecule has 1 amide bonds. The lowest BCUT2D eigenvalue weighted by molar-refractivity contribution is 0.0572. The molecule has 1 saturated heterocycles. The number of nitrogens with zero attached hydrogens (tertiary/aromatic N) is 2. The Bertz CT molecular complexity index is 487. The van der Waals surface area contributed by atoms with E-state index in [1.54, 1.807) is 0 Å². The third kappa shape index (κ3) is 3.12. The van der Waals surface area contributed by atoms with E-state index in [9.17, 15) is 4.79 Å². The summed E-state index contributed by atoms with van der Waals surface area (Å²) in [7, 11) is 2.11. The molecule has 110 valence electrons. The van der Waals surface area contributed by atoms with E-state index < -0.39 is 0 Å². The molecule has 1 aliphatic heterocycles. The van der Waals surface area contributed by atoms with E-state index in [2.05, 4.69) is 37.2 Å². The summed E-state index contributed by atoms with van der Waals surface area (Å²) in [6, 6.07) is 6.41. The van der Waals surface area contributed by atoms with Crippen molar-refractivity contribution in [2.24, 2.45) is 0 Å². The molecule has 1 unspecified atom stereocenters. The predicted octanol–water partition coefficient (Wildman–Crippen LogP) is 2.20. The molecule has 1 aromatic rings. The number of nitrogens with one attached hydrogen (secondary N) is 1. The Morgan fingerprint density at radius 3 is 2.75 bits per heavy atom. The van der Waals surface area contributed by atoms with Crippen molar-refractivity contribution in [2.45, 2.75) is 26.8 Å². The first kappa shape index (κ1) is 14.9. The Kier molecular flexibility index (Phi) is 4.65. The van der Waals surface area contributed by atoms with Crippen LogP contribution in [0, 0.1) is 6.92 Å². The summed E-state index contributed by atoms with van der Waals surface area (Å²) in [6.07, 6.45) is 0. The van der Waals surface area contributed by atoms with Crippen LogP contribution in [0.15, 0.2) is 18.2 Å². The normalized spacial score (nSPS) is 20.0. The van der Waals surface area contributed by atoms with Crippen molar-refractivity contribution in [3.8, 4) is 0 Å². The molecule has 1 heterocycles.